The van der Waals surface area contributed by atoms with Gasteiger partial charge in [0.2, 0.25) is 0 Å². The molecule has 0 bridgehead atoms. The molecule has 0 unspecified atom stereocenters. The average molecular weight is 489 g/mol. The molecule has 19 heteroatoms. The lowest BCUT2D eigenvalue weighted by molar-refractivity contribution is -0.346. The summed E-state index contributed by atoms with van der Waals surface area (Å²) >= 11 is 0. The van der Waals surface area contributed by atoms with E-state index in [9.17, 15) is 28.7 Å². The summed E-state index contributed by atoms with van der Waals surface area (Å²) in [5.74, 6) is -0.913. The lowest BCUT2D eigenvalue weighted by Gasteiger charge is -2.37. The van der Waals surface area contributed by atoms with E-state index in [-0.39, 0.29) is 42.8 Å². The third-order valence-electron chi connectivity index (χ3n) is 5.18. The summed E-state index contributed by atoms with van der Waals surface area (Å²) in [7, 11) is -10.6. The number of anilines is 1. The lowest BCUT2D eigenvalue weighted by atomic mass is 10.0. The maximum Gasteiger partial charge on any atom is 0.165 e. The molecule has 2 saturated carbocycles. The molecule has 0 saturated heterocycles. The van der Waals surface area contributed by atoms with E-state index < -0.39 is 39.8 Å². The van der Waals surface area contributed by atoms with Gasteiger partial charge in [0.25, 0.3) is 0 Å². The Bertz CT molecular complexity index is 996. The van der Waals surface area contributed by atoms with Gasteiger partial charge in [0, 0.05) is 5.92 Å². The highest BCUT2D eigenvalue weighted by Crippen LogP contribution is 2.66. The molecular weight excluding hydrogens is 460 g/mol. The number of quaternary nitrogens is 4. The molecule has 0 radical (unpaired) electrons. The first-order valence-electron chi connectivity index (χ1n) is 7.81. The maximum absolute atomic E-state index is 11.1. The quantitative estimate of drug-likeness (QED) is 0.296. The molecule has 0 spiro atoms. The Kier molecular flexibility index (Phi) is 9.01. The van der Waals surface area contributed by atoms with Crippen molar-refractivity contribution in [2.24, 2.45) is 11.8 Å². The van der Waals surface area contributed by atoms with Gasteiger partial charge in [-0.15, -0.1) is 0 Å². The molecule has 2 aromatic rings. The van der Waals surface area contributed by atoms with Crippen LogP contribution in [0.4, 0.5) is 5.82 Å². The van der Waals surface area contributed by atoms with E-state index in [1.165, 1.54) is 12.7 Å². The number of aromatic nitrogens is 4. The van der Waals surface area contributed by atoms with E-state index in [1.807, 2.05) is 0 Å². The van der Waals surface area contributed by atoms with Crippen LogP contribution in [0.15, 0.2) is 12.7 Å². The number of phosphoric acid groups is 2. The lowest BCUT2D eigenvalue weighted by Crippen LogP contribution is -2.31. The zero-order valence-electron chi connectivity index (χ0n) is 17.5. The van der Waals surface area contributed by atoms with Crippen molar-refractivity contribution in [3.63, 3.8) is 0 Å². The van der Waals surface area contributed by atoms with Crippen molar-refractivity contribution in [3.8, 4) is 0 Å². The number of nitrogens with two attached hydrogens (primary N) is 1. The molecule has 31 heavy (non-hydrogen) atoms. The van der Waals surface area contributed by atoms with Crippen molar-refractivity contribution in [1.82, 2.24) is 44.1 Å². The third-order valence-corrected chi connectivity index (χ3v) is 6.18. The van der Waals surface area contributed by atoms with E-state index in [1.54, 1.807) is 4.57 Å². The van der Waals surface area contributed by atoms with Crippen LogP contribution in [-0.2, 0) is 23.7 Å². The smallest absolute Gasteiger partial charge is 0.165 e. The van der Waals surface area contributed by atoms with Crippen LogP contribution in [0.2, 0.25) is 0 Å². The maximum atomic E-state index is 11.1. The second kappa shape index (κ2) is 9.50. The summed E-state index contributed by atoms with van der Waals surface area (Å²) in [6.45, 7) is -0.578. The molecule has 0 amide bonds. The van der Waals surface area contributed by atoms with Gasteiger partial charge in [-0.3, -0.25) is 0 Å². The van der Waals surface area contributed by atoms with Crippen LogP contribution >= 0.6 is 15.6 Å². The predicted molar refractivity (Wildman–Crippen MR) is 104 cm³/mol. The number of rotatable bonds is 6. The minimum absolute atomic E-state index is 0. The fourth-order valence-corrected chi connectivity index (χ4v) is 5.02. The fraction of sp³-hybridized carbons (Fsp3) is 0.583. The van der Waals surface area contributed by atoms with E-state index in [0.29, 0.717) is 17.6 Å². The number of fused-ring (bicyclic) bond motifs is 2. The normalized spacial score (nSPS) is 26.6. The zero-order valence-corrected chi connectivity index (χ0v) is 19.3. The Hall–Kier alpha value is -1.59. The van der Waals surface area contributed by atoms with Gasteiger partial charge in [-0.05, 0) is 18.8 Å². The summed E-state index contributed by atoms with van der Waals surface area (Å²) < 4.78 is 32.5. The van der Waals surface area contributed by atoms with Crippen molar-refractivity contribution in [2.45, 2.75) is 24.5 Å². The summed E-state index contributed by atoms with van der Waals surface area (Å²) in [5, 5.41) is 0. The predicted octanol–water partition coefficient (Wildman–Crippen LogP) is -1.29. The Morgan fingerprint density at radius 3 is 2.29 bits per heavy atom. The first-order valence-corrected chi connectivity index (χ1v) is 10.7. The molecule has 18 N–H and O–H groups in total. The highest BCUT2D eigenvalue weighted by atomic mass is 31.2. The van der Waals surface area contributed by atoms with E-state index in [2.05, 4.69) is 24.0 Å². The van der Waals surface area contributed by atoms with Crippen molar-refractivity contribution in [2.75, 3.05) is 12.3 Å². The van der Waals surface area contributed by atoms with Crippen molar-refractivity contribution >= 4 is 32.6 Å². The first kappa shape index (κ1) is 29.4. The summed E-state index contributed by atoms with van der Waals surface area (Å²) in [6, 6.07) is 0. The van der Waals surface area contributed by atoms with Crippen molar-refractivity contribution < 1.29 is 37.8 Å². The molecular formula is C12H29N9O8P2. The van der Waals surface area contributed by atoms with Crippen LogP contribution < -0.4 is 49.9 Å². The molecule has 180 valence electrons. The van der Waals surface area contributed by atoms with Crippen LogP contribution in [0.3, 0.4) is 0 Å². The van der Waals surface area contributed by atoms with Crippen LogP contribution in [0.25, 0.3) is 11.2 Å². The summed E-state index contributed by atoms with van der Waals surface area (Å²) in [6.07, 6.45) is 2.18. The summed E-state index contributed by atoms with van der Waals surface area (Å²) in [5.41, 5.74) is 5.84. The van der Waals surface area contributed by atoms with Gasteiger partial charge in [-0.2, -0.15) is 0 Å². The second-order valence-corrected chi connectivity index (χ2v) is 8.92. The number of hydrogen-bond donors (Lipinski definition) is 5. The highest BCUT2D eigenvalue weighted by molar-refractivity contribution is 7.43. The Balaban J connectivity index is 0.00000225. The Labute approximate surface area is 176 Å². The first-order chi connectivity index (χ1) is 12.5. The largest absolute Gasteiger partial charge is 0.790 e. The minimum atomic E-state index is -5.34. The third kappa shape index (κ3) is 5.43. The highest BCUT2D eigenvalue weighted by Gasteiger charge is 2.67. The van der Waals surface area contributed by atoms with Crippen LogP contribution in [-0.4, -0.2) is 32.2 Å². The SMILES string of the molecule is Nc1ncnc2c1ncn2[C@@]12C[C@H](OP(=O)([O-])[O-])[C@@H](COP(=O)([O-])[O-])[C@@H]1C2.[NH4+].[NH4+].[NH4+].[NH4+]. The molecule has 4 rings (SSSR count). The molecule has 2 aliphatic rings. The number of phosphoric ester groups is 2. The molecule has 0 aromatic carbocycles. The van der Waals surface area contributed by atoms with Crippen LogP contribution in [0.5, 0.6) is 0 Å². The molecule has 2 fully saturated rings. The van der Waals surface area contributed by atoms with E-state index in [4.69, 9.17) is 5.73 Å². The molecule has 2 aromatic heterocycles. The zero-order chi connectivity index (χ0) is 19.6. The minimum Gasteiger partial charge on any atom is -0.790 e. The Morgan fingerprint density at radius 2 is 1.71 bits per heavy atom. The number of nitrogens with zero attached hydrogens (tertiary/aromatic N) is 4. The Morgan fingerprint density at radius 1 is 1.06 bits per heavy atom. The van der Waals surface area contributed by atoms with Gasteiger partial charge in [0.15, 0.2) is 11.5 Å². The summed E-state index contributed by atoms with van der Waals surface area (Å²) in [4.78, 5) is 55.9. The molecule has 0 aliphatic heterocycles. The average Bonchev–Trinajstić information content (AvgIpc) is 2.94. The van der Waals surface area contributed by atoms with Gasteiger partial charge >= 0.3 is 0 Å². The molecule has 2 heterocycles. The van der Waals surface area contributed by atoms with Crippen molar-refractivity contribution in [3.05, 3.63) is 12.7 Å². The van der Waals surface area contributed by atoms with Crippen LogP contribution in [0, 0.1) is 11.8 Å². The molecule has 2 aliphatic carbocycles. The topological polar surface area (TPSA) is 360 Å². The number of nitrogen functional groups attached to an aromatic ring is 1. The van der Waals surface area contributed by atoms with Crippen molar-refractivity contribution in [1.29, 1.82) is 0 Å². The molecule has 4 atom stereocenters. The monoisotopic (exact) mass is 489 g/mol. The number of imidazole rings is 1. The van der Waals surface area contributed by atoms with E-state index in [0.717, 1.165) is 0 Å². The van der Waals surface area contributed by atoms with Gasteiger partial charge < -0.3 is 72.7 Å². The van der Waals surface area contributed by atoms with Gasteiger partial charge in [0.05, 0.1) is 40.2 Å². The van der Waals surface area contributed by atoms with Crippen LogP contribution in [0.1, 0.15) is 12.8 Å². The standard InChI is InChI=1S/C12H17N5O8P2.4H3N/c13-10-9-11(15-4-14-10)17(5-16-9)12-1-7(12)6(3-24-26(18,19)20)8(2-12)25-27(21,22)23;;;;/h4-8H,1-3H2,(H2,13,14,15)(H2,18,19,20)(H2,21,22,23);4*1H3/t6-,7-,8-,12-;;;;/m0..../s1. The fourth-order valence-electron chi connectivity index (χ4n) is 4.10. The second-order valence-electron chi connectivity index (χ2n) is 6.66. The van der Waals surface area contributed by atoms with Gasteiger partial charge in [0.1, 0.15) is 11.8 Å². The van der Waals surface area contributed by atoms with Gasteiger partial charge in [-0.1, -0.05) is 0 Å². The van der Waals surface area contributed by atoms with Gasteiger partial charge in [-0.25, -0.2) is 15.0 Å². The van der Waals surface area contributed by atoms with E-state index >= 15 is 0 Å². The number of hydrogen-bond acceptors (Lipinski definition) is 12. The molecule has 17 nitrogen and oxygen atoms in total.